The largest absolute Gasteiger partial charge is 0.480 e. The van der Waals surface area contributed by atoms with Crippen molar-refractivity contribution in [3.8, 4) is 0 Å². The van der Waals surface area contributed by atoms with Gasteiger partial charge in [-0.15, -0.1) is 0 Å². The van der Waals surface area contributed by atoms with Crippen LogP contribution in [-0.2, 0) is 35.2 Å². The van der Waals surface area contributed by atoms with Crippen LogP contribution in [0.1, 0.15) is 31.2 Å². The van der Waals surface area contributed by atoms with Gasteiger partial charge < -0.3 is 43.2 Å². The summed E-state index contributed by atoms with van der Waals surface area (Å²) in [4.78, 5) is 76.5. The van der Waals surface area contributed by atoms with Crippen LogP contribution in [0.25, 0.3) is 10.9 Å². The third-order valence-electron chi connectivity index (χ3n) is 6.03. The molecule has 1 aromatic heterocycles. The number of fused-ring (bicyclic) bond motifs is 1. The van der Waals surface area contributed by atoms with Gasteiger partial charge in [-0.3, -0.25) is 24.0 Å². The Kier molecular flexibility index (Phi) is 12.4. The van der Waals surface area contributed by atoms with Crippen LogP contribution < -0.4 is 33.2 Å². The second kappa shape index (κ2) is 15.5. The lowest BCUT2D eigenvalue weighted by molar-refractivity contribution is -0.142. The van der Waals surface area contributed by atoms with Crippen molar-refractivity contribution in [3.05, 3.63) is 36.0 Å². The molecule has 0 aliphatic carbocycles. The molecule has 11 N–H and O–H groups in total. The molecule has 5 amide bonds. The number of carbonyl (C=O) groups excluding carboxylic acids is 5. The number of benzene rings is 1. The number of primary amides is 2. The summed E-state index contributed by atoms with van der Waals surface area (Å²) in [6.07, 6.45) is 2.71. The molecule has 0 radical (unpaired) electrons. The van der Waals surface area contributed by atoms with E-state index in [1.807, 2.05) is 18.2 Å². The minimum absolute atomic E-state index is 0.0359. The summed E-state index contributed by atoms with van der Waals surface area (Å²) in [5.41, 5.74) is 17.6. The zero-order valence-corrected chi connectivity index (χ0v) is 22.8. The maximum absolute atomic E-state index is 13.3. The van der Waals surface area contributed by atoms with E-state index in [9.17, 15) is 33.9 Å². The van der Waals surface area contributed by atoms with E-state index in [1.165, 1.54) is 11.8 Å². The molecule has 1 heterocycles. The van der Waals surface area contributed by atoms with Gasteiger partial charge in [-0.2, -0.15) is 11.8 Å². The third kappa shape index (κ3) is 9.89. The number of aromatic amines is 1. The lowest BCUT2D eigenvalue weighted by atomic mass is 10.0. The van der Waals surface area contributed by atoms with Crippen LogP contribution >= 0.6 is 11.8 Å². The van der Waals surface area contributed by atoms with Gasteiger partial charge in [0.1, 0.15) is 18.1 Å². The summed E-state index contributed by atoms with van der Waals surface area (Å²) >= 11 is 1.41. The highest BCUT2D eigenvalue weighted by Crippen LogP contribution is 2.19. The summed E-state index contributed by atoms with van der Waals surface area (Å²) in [5, 5.41) is 17.7. The van der Waals surface area contributed by atoms with Crippen LogP contribution in [0, 0.1) is 0 Å². The summed E-state index contributed by atoms with van der Waals surface area (Å²) in [5.74, 6) is -4.85. The molecular formula is C25H35N7O7S. The molecule has 4 atom stereocenters. The third-order valence-corrected chi connectivity index (χ3v) is 6.68. The number of nitrogens with one attached hydrogen (secondary N) is 4. The van der Waals surface area contributed by atoms with Gasteiger partial charge in [-0.05, 0) is 36.5 Å². The molecule has 0 saturated heterocycles. The Bertz CT molecular complexity index is 1240. The number of aliphatic carboxylic acids is 1. The number of para-hydroxylation sites is 1. The molecule has 0 fully saturated rings. The number of amides is 5. The Morgan fingerprint density at radius 2 is 1.52 bits per heavy atom. The van der Waals surface area contributed by atoms with E-state index in [0.29, 0.717) is 11.3 Å². The Hall–Kier alpha value is -4.11. The average molecular weight is 578 g/mol. The van der Waals surface area contributed by atoms with Crippen molar-refractivity contribution in [2.75, 3.05) is 12.0 Å². The summed E-state index contributed by atoms with van der Waals surface area (Å²) < 4.78 is 0. The number of H-pyrrole nitrogens is 1. The number of hydrogen-bond acceptors (Lipinski definition) is 8. The van der Waals surface area contributed by atoms with Crippen LogP contribution in [0.5, 0.6) is 0 Å². The minimum atomic E-state index is -1.49. The molecule has 2 aromatic rings. The van der Waals surface area contributed by atoms with Gasteiger partial charge in [0, 0.05) is 29.9 Å². The highest BCUT2D eigenvalue weighted by molar-refractivity contribution is 7.98. The summed E-state index contributed by atoms with van der Waals surface area (Å²) in [7, 11) is 0. The van der Waals surface area contributed by atoms with E-state index in [-0.39, 0.29) is 25.7 Å². The van der Waals surface area contributed by atoms with Crippen molar-refractivity contribution in [3.63, 3.8) is 0 Å². The van der Waals surface area contributed by atoms with Crippen molar-refractivity contribution in [2.45, 2.75) is 56.3 Å². The number of carbonyl (C=O) groups is 6. The van der Waals surface area contributed by atoms with Crippen molar-refractivity contribution in [1.29, 1.82) is 0 Å². The van der Waals surface area contributed by atoms with Gasteiger partial charge in [-0.1, -0.05) is 18.2 Å². The predicted molar refractivity (Wildman–Crippen MR) is 149 cm³/mol. The fourth-order valence-electron chi connectivity index (χ4n) is 3.89. The lowest BCUT2D eigenvalue weighted by Crippen LogP contribution is -2.58. The van der Waals surface area contributed by atoms with Crippen LogP contribution in [0.2, 0.25) is 0 Å². The quantitative estimate of drug-likeness (QED) is 0.108. The van der Waals surface area contributed by atoms with Crippen molar-refractivity contribution >= 4 is 58.2 Å². The second-order valence-electron chi connectivity index (χ2n) is 9.15. The molecule has 0 saturated carbocycles. The van der Waals surface area contributed by atoms with Crippen molar-refractivity contribution < 1.29 is 33.9 Å². The number of hydrogen-bond donors (Lipinski definition) is 8. The molecule has 0 bridgehead atoms. The molecule has 14 nitrogen and oxygen atoms in total. The highest BCUT2D eigenvalue weighted by atomic mass is 32.2. The molecule has 15 heteroatoms. The number of thioether (sulfide) groups is 1. The highest BCUT2D eigenvalue weighted by Gasteiger charge is 2.31. The van der Waals surface area contributed by atoms with Crippen LogP contribution in [0.4, 0.5) is 0 Å². The predicted octanol–water partition coefficient (Wildman–Crippen LogP) is -1.53. The molecule has 2 rings (SSSR count). The Balaban J connectivity index is 2.29. The van der Waals surface area contributed by atoms with Gasteiger partial charge in [0.25, 0.3) is 0 Å². The van der Waals surface area contributed by atoms with Crippen LogP contribution in [-0.4, -0.2) is 81.8 Å². The SMILES string of the molecule is CSCCC(NC(=O)C(Cc1c[nH]c2ccccc12)NC(=O)C(CC(N)=O)NC(=O)C(N)CCC(N)=O)C(=O)O. The van der Waals surface area contributed by atoms with Crippen molar-refractivity contribution in [1.82, 2.24) is 20.9 Å². The van der Waals surface area contributed by atoms with Crippen LogP contribution in [0.3, 0.4) is 0 Å². The first kappa shape index (κ1) is 32.1. The molecule has 1 aromatic carbocycles. The fraction of sp³-hybridized carbons (Fsp3) is 0.440. The Labute approximate surface area is 234 Å². The molecule has 4 unspecified atom stereocenters. The maximum atomic E-state index is 13.3. The molecule has 40 heavy (non-hydrogen) atoms. The fourth-order valence-corrected chi connectivity index (χ4v) is 4.36. The lowest BCUT2D eigenvalue weighted by Gasteiger charge is -2.25. The van der Waals surface area contributed by atoms with E-state index < -0.39 is 66.1 Å². The van der Waals surface area contributed by atoms with E-state index >= 15 is 0 Å². The zero-order chi connectivity index (χ0) is 29.8. The number of aromatic nitrogens is 1. The van der Waals surface area contributed by atoms with Gasteiger partial charge in [-0.25, -0.2) is 4.79 Å². The smallest absolute Gasteiger partial charge is 0.326 e. The van der Waals surface area contributed by atoms with Gasteiger partial charge >= 0.3 is 5.97 Å². The van der Waals surface area contributed by atoms with Gasteiger partial charge in [0.05, 0.1) is 12.5 Å². The first-order chi connectivity index (χ1) is 18.9. The summed E-state index contributed by atoms with van der Waals surface area (Å²) in [6, 6.07) is 2.10. The molecule has 0 spiro atoms. The van der Waals surface area contributed by atoms with E-state index in [2.05, 4.69) is 20.9 Å². The average Bonchev–Trinajstić information content (AvgIpc) is 3.30. The van der Waals surface area contributed by atoms with Gasteiger partial charge in [0.15, 0.2) is 0 Å². The normalized spacial score (nSPS) is 13.9. The second-order valence-corrected chi connectivity index (χ2v) is 10.1. The van der Waals surface area contributed by atoms with E-state index in [4.69, 9.17) is 17.2 Å². The monoisotopic (exact) mass is 577 g/mol. The number of carboxylic acid groups (broad SMARTS) is 1. The number of carboxylic acids is 1. The topological polar surface area (TPSA) is 253 Å². The molecule has 218 valence electrons. The van der Waals surface area contributed by atoms with Crippen LogP contribution in [0.15, 0.2) is 30.5 Å². The van der Waals surface area contributed by atoms with Crippen molar-refractivity contribution in [2.24, 2.45) is 17.2 Å². The minimum Gasteiger partial charge on any atom is -0.480 e. The number of rotatable bonds is 17. The Morgan fingerprint density at radius 3 is 2.15 bits per heavy atom. The summed E-state index contributed by atoms with van der Waals surface area (Å²) in [6.45, 7) is 0. The Morgan fingerprint density at radius 1 is 0.900 bits per heavy atom. The standard InChI is InChI=1S/C25H35N7O7S/c1-40-9-8-17(25(38)39)30-23(36)18(10-13-12-29-16-5-3-2-4-14(13)16)32-24(37)19(11-21(28)34)31-22(35)15(26)6-7-20(27)33/h2-5,12,15,17-19,29H,6-11,26H2,1H3,(H2,27,33)(H2,28,34)(H,30,36)(H,31,35)(H,32,37)(H,38,39). The maximum Gasteiger partial charge on any atom is 0.326 e. The first-order valence-electron chi connectivity index (χ1n) is 12.4. The zero-order valence-electron chi connectivity index (χ0n) is 22.0. The van der Waals surface area contributed by atoms with Gasteiger partial charge in [0.2, 0.25) is 29.5 Å². The number of nitrogens with two attached hydrogens (primary N) is 3. The van der Waals surface area contributed by atoms with E-state index in [1.54, 1.807) is 18.5 Å². The first-order valence-corrected chi connectivity index (χ1v) is 13.8. The molecule has 0 aliphatic rings. The van der Waals surface area contributed by atoms with E-state index in [0.717, 1.165) is 10.9 Å². The molecular weight excluding hydrogens is 542 g/mol. The molecule has 0 aliphatic heterocycles.